The summed E-state index contributed by atoms with van der Waals surface area (Å²) >= 11 is 2.11. The number of rotatable bonds is 6. The Bertz CT molecular complexity index is 952. The van der Waals surface area contributed by atoms with Crippen LogP contribution >= 0.6 is 22.6 Å². The zero-order valence-corrected chi connectivity index (χ0v) is 23.8. The number of ether oxygens (including phenoxy) is 1. The summed E-state index contributed by atoms with van der Waals surface area (Å²) in [5, 5.41) is 14.6. The van der Waals surface area contributed by atoms with Crippen molar-refractivity contribution in [1.82, 2.24) is 5.32 Å². The molecule has 3 N–H and O–H groups in total. The maximum atomic E-state index is 14.8. The molecule has 5 nitrogen and oxygen atoms in total. The standard InChI is InChI=1S/C23H25FIN4O.Tl/c1-27-20(26)13-28-12-16-8-9-17-21(14-5-3-2-4-6-14)29-19-10-7-15(23(24)25)11-18(19)22(17)30-16;/h2-7,10-11,16-17,21-22,26,28-29H,1,8-9,12-13H2;/t16-,17+,21+,22+;/m1./s1. The zero-order valence-electron chi connectivity index (χ0n) is 17.2. The summed E-state index contributed by atoms with van der Waals surface area (Å²) in [5.74, 6) is 0.498. The van der Waals surface area contributed by atoms with Crippen LogP contribution in [0.4, 0.5) is 10.1 Å². The van der Waals surface area contributed by atoms with Crippen LogP contribution in [0.1, 0.15) is 41.7 Å². The van der Waals surface area contributed by atoms with Crippen LogP contribution in [0.15, 0.2) is 53.5 Å². The van der Waals surface area contributed by atoms with E-state index in [-0.39, 0.29) is 55.8 Å². The van der Waals surface area contributed by atoms with E-state index in [0.29, 0.717) is 13.1 Å². The van der Waals surface area contributed by atoms with Gasteiger partial charge in [0, 0.05) is 0 Å². The third-order valence-corrected chi connectivity index (χ3v) is 7.96. The van der Waals surface area contributed by atoms with E-state index in [1.807, 2.05) is 46.9 Å². The van der Waals surface area contributed by atoms with Crippen LogP contribution in [-0.2, 0) is 5.97 Å². The maximum absolute atomic E-state index is 14.8. The third kappa shape index (κ3) is 5.36. The average Bonchev–Trinajstić information content (AvgIpc) is 2.78. The van der Waals surface area contributed by atoms with Gasteiger partial charge < -0.3 is 0 Å². The van der Waals surface area contributed by atoms with Crippen LogP contribution in [0.2, 0.25) is 0 Å². The number of halogens is 2. The molecule has 0 bridgehead atoms. The molecule has 0 amide bonds. The van der Waals surface area contributed by atoms with Crippen molar-refractivity contribution in [3.63, 3.8) is 0 Å². The molecule has 1 unspecified atom stereocenters. The van der Waals surface area contributed by atoms with Crippen LogP contribution < -0.4 is 10.6 Å². The molecule has 4 rings (SSSR count). The van der Waals surface area contributed by atoms with E-state index in [4.69, 9.17) is 10.1 Å². The Morgan fingerprint density at radius 2 is 2.10 bits per heavy atom. The molecule has 1 fully saturated rings. The van der Waals surface area contributed by atoms with Crippen LogP contribution in [0.5, 0.6) is 0 Å². The predicted octanol–water partition coefficient (Wildman–Crippen LogP) is 4.64. The molecule has 2 aromatic rings. The fourth-order valence-electron chi connectivity index (χ4n) is 4.51. The summed E-state index contributed by atoms with van der Waals surface area (Å²) in [4.78, 5) is 3.63. The Morgan fingerprint density at radius 3 is 2.81 bits per heavy atom. The molecule has 2 aliphatic rings. The number of nitrogens with one attached hydrogen (secondary N) is 3. The fraction of sp³-hybridized carbons (Fsp3) is 0.391. The molecule has 31 heavy (non-hydrogen) atoms. The number of fused-ring (bicyclic) bond motifs is 3. The Labute approximate surface area is 212 Å². The van der Waals surface area contributed by atoms with Crippen LogP contribution in [0, 0.1) is 11.3 Å². The second-order valence-corrected chi connectivity index (χ2v) is 17.3. The van der Waals surface area contributed by atoms with E-state index in [2.05, 4.69) is 46.6 Å². The van der Waals surface area contributed by atoms with Crippen molar-refractivity contribution in [3.05, 3.63) is 65.2 Å². The molecule has 2 heterocycles. The van der Waals surface area contributed by atoms with Crippen LogP contribution in [0.3, 0.4) is 0 Å². The van der Waals surface area contributed by atoms with Crippen molar-refractivity contribution in [2.45, 2.75) is 32.3 Å². The van der Waals surface area contributed by atoms with Gasteiger partial charge in [0.05, 0.1) is 0 Å². The number of anilines is 1. The predicted molar refractivity (Wildman–Crippen MR) is 132 cm³/mol. The van der Waals surface area contributed by atoms with Gasteiger partial charge >= 0.3 is 207 Å². The quantitative estimate of drug-likeness (QED) is 0.134. The first-order valence-electron chi connectivity index (χ1n) is 10.4. The van der Waals surface area contributed by atoms with Gasteiger partial charge in [-0.1, -0.05) is 0 Å². The molecule has 0 aliphatic carbocycles. The van der Waals surface area contributed by atoms with E-state index >= 15 is 0 Å². The van der Waals surface area contributed by atoms with Gasteiger partial charge in [-0.05, 0) is 6.72 Å². The molecule has 2 aliphatic heterocycles. The van der Waals surface area contributed by atoms with Gasteiger partial charge in [-0.15, -0.1) is 0 Å². The van der Waals surface area contributed by atoms with Crippen molar-refractivity contribution in [3.8, 4) is 0 Å². The normalized spacial score (nSPS) is 26.6. The summed E-state index contributed by atoms with van der Waals surface area (Å²) in [7, 11) is 0. The SMILES string of the molecule is C=NC(=N)CNC[C@H]1CC[C@@H]2[C@H](O1)c1cc([C](F)(I)[Tl])ccc1N[C@H]2c1ccccc1. The van der Waals surface area contributed by atoms with Crippen molar-refractivity contribution < 1.29 is 9.13 Å². The van der Waals surface area contributed by atoms with Crippen LogP contribution in [0.25, 0.3) is 0 Å². The molecule has 2 aromatic carbocycles. The summed E-state index contributed by atoms with van der Waals surface area (Å²) in [6, 6.07) is 16.6. The zero-order chi connectivity index (χ0) is 22.0. The Morgan fingerprint density at radius 1 is 1.32 bits per heavy atom. The summed E-state index contributed by atoms with van der Waals surface area (Å²) in [6.45, 7) is 4.43. The second-order valence-electron chi connectivity index (χ2n) is 8.11. The summed E-state index contributed by atoms with van der Waals surface area (Å²) in [6.07, 6.45) is 1.89. The van der Waals surface area contributed by atoms with E-state index in [9.17, 15) is 4.39 Å². The number of alkyl halides is 2. The molecule has 0 radical (unpaired) electrons. The molecule has 0 saturated carbocycles. The first-order valence-corrected chi connectivity index (χ1v) is 13.7. The Balaban J connectivity index is 1.62. The van der Waals surface area contributed by atoms with Crippen LogP contribution in [-0.4, -0.2) is 57.5 Å². The van der Waals surface area contributed by atoms with Crippen molar-refractivity contribution in [1.29, 1.82) is 5.41 Å². The minimum absolute atomic E-state index is 0.0394. The topological polar surface area (TPSA) is 69.5 Å². The number of hydrogen-bond donors (Lipinski definition) is 3. The molecule has 0 aromatic heterocycles. The molecule has 160 valence electrons. The van der Waals surface area contributed by atoms with Gasteiger partial charge in [0.25, 0.3) is 0 Å². The Hall–Kier alpha value is -0.918. The second kappa shape index (κ2) is 9.92. The van der Waals surface area contributed by atoms with Gasteiger partial charge in [-0.2, -0.15) is 0 Å². The van der Waals surface area contributed by atoms with Gasteiger partial charge in [-0.3, -0.25) is 0 Å². The van der Waals surface area contributed by atoms with Gasteiger partial charge in [-0.25, -0.2) is 0 Å². The van der Waals surface area contributed by atoms with E-state index in [0.717, 1.165) is 29.7 Å². The molecule has 5 atom stereocenters. The summed E-state index contributed by atoms with van der Waals surface area (Å²) in [5.41, 5.74) is 4.05. The van der Waals surface area contributed by atoms with Crippen molar-refractivity contribution >= 4 is 66.6 Å². The first kappa shape index (κ1) is 23.2. The number of amidine groups is 1. The van der Waals surface area contributed by atoms with Crippen molar-refractivity contribution in [2.75, 3.05) is 18.4 Å². The fourth-order valence-corrected chi connectivity index (χ4v) is 5.54. The number of hydrogen-bond acceptors (Lipinski definition) is 4. The summed E-state index contributed by atoms with van der Waals surface area (Å²) < 4.78 is 20.1. The number of benzene rings is 2. The number of aliphatic imine (C=N–C) groups is 1. The monoisotopic (exact) mass is 724 g/mol. The minimum atomic E-state index is -1.27. The third-order valence-electron chi connectivity index (χ3n) is 6.05. The average molecular weight is 724 g/mol. The van der Waals surface area contributed by atoms with Gasteiger partial charge in [0.1, 0.15) is 0 Å². The first-order chi connectivity index (χ1) is 14.9. The van der Waals surface area contributed by atoms with E-state index in [1.165, 1.54) is 5.56 Å². The molecule has 1 saturated heterocycles. The molecular formula is C23H25FIN4OTl. The van der Waals surface area contributed by atoms with Crippen molar-refractivity contribution in [2.24, 2.45) is 10.9 Å². The van der Waals surface area contributed by atoms with E-state index in [1.54, 1.807) is 0 Å². The van der Waals surface area contributed by atoms with Gasteiger partial charge in [0.15, 0.2) is 0 Å². The van der Waals surface area contributed by atoms with E-state index < -0.39 is 1.23 Å². The van der Waals surface area contributed by atoms with Gasteiger partial charge in [0.2, 0.25) is 0 Å². The molecule has 0 spiro atoms. The Kier molecular flexibility index (Phi) is 7.44. The molecular weight excluding hydrogens is 699 g/mol. The number of nitrogens with zero attached hydrogens (tertiary/aromatic N) is 1. The molecule has 8 heteroatoms.